The van der Waals surface area contributed by atoms with Crippen molar-refractivity contribution in [3.8, 4) is 0 Å². The molecule has 2 aromatic carbocycles. The molecule has 0 aliphatic carbocycles. The number of amides is 1. The van der Waals surface area contributed by atoms with Crippen molar-refractivity contribution in [2.24, 2.45) is 0 Å². The molecule has 0 bridgehead atoms. The van der Waals surface area contributed by atoms with Crippen LogP contribution in [0.5, 0.6) is 0 Å². The number of nitrogens with zero attached hydrogens (tertiary/aromatic N) is 1. The maximum atomic E-state index is 12.7. The Bertz CT molecular complexity index is 779. The van der Waals surface area contributed by atoms with Crippen molar-refractivity contribution >= 4 is 29.0 Å². The van der Waals surface area contributed by atoms with E-state index in [9.17, 15) is 28.1 Å². The van der Waals surface area contributed by atoms with Crippen molar-refractivity contribution in [1.82, 2.24) is 0 Å². The summed E-state index contributed by atoms with van der Waals surface area (Å²) >= 11 is 1.14. The molecule has 1 amide bonds. The molecule has 1 unspecified atom stereocenters. The molecule has 9 heteroatoms. The third-order valence-electron chi connectivity index (χ3n) is 3.19. The van der Waals surface area contributed by atoms with Crippen LogP contribution in [0.25, 0.3) is 0 Å². The molecule has 5 nitrogen and oxygen atoms in total. The van der Waals surface area contributed by atoms with Gasteiger partial charge in [-0.25, -0.2) is 0 Å². The zero-order chi connectivity index (χ0) is 18.6. The molecule has 0 saturated heterocycles. The number of nitrogens with one attached hydrogen (secondary N) is 1. The quantitative estimate of drug-likeness (QED) is 0.469. The number of non-ortho nitro benzene ring substituents is 1. The molecule has 25 heavy (non-hydrogen) atoms. The fourth-order valence-electron chi connectivity index (χ4n) is 1.92. The van der Waals surface area contributed by atoms with Crippen molar-refractivity contribution < 1.29 is 22.9 Å². The second-order valence-corrected chi connectivity index (χ2v) is 6.49. The monoisotopic (exact) mass is 370 g/mol. The third kappa shape index (κ3) is 5.21. The lowest BCUT2D eigenvalue weighted by molar-refractivity contribution is -0.384. The normalized spacial score (nSPS) is 12.5. The number of alkyl halides is 3. The van der Waals surface area contributed by atoms with Gasteiger partial charge in [-0.15, -0.1) is 11.8 Å². The van der Waals surface area contributed by atoms with Gasteiger partial charge in [0.15, 0.2) is 0 Å². The summed E-state index contributed by atoms with van der Waals surface area (Å²) in [6, 6.07) is 10.0. The first-order valence-corrected chi connectivity index (χ1v) is 7.94. The molecule has 0 fully saturated rings. The lowest BCUT2D eigenvalue weighted by Crippen LogP contribution is -2.22. The summed E-state index contributed by atoms with van der Waals surface area (Å²) in [5, 5.41) is 12.4. The Morgan fingerprint density at radius 2 is 1.84 bits per heavy atom. The summed E-state index contributed by atoms with van der Waals surface area (Å²) in [4.78, 5) is 22.8. The van der Waals surface area contributed by atoms with E-state index in [1.807, 2.05) is 0 Å². The van der Waals surface area contributed by atoms with Crippen LogP contribution in [-0.4, -0.2) is 16.1 Å². The van der Waals surface area contributed by atoms with E-state index in [1.165, 1.54) is 36.4 Å². The van der Waals surface area contributed by atoms with E-state index < -0.39 is 27.8 Å². The van der Waals surface area contributed by atoms with Crippen LogP contribution in [0.4, 0.5) is 24.5 Å². The third-order valence-corrected chi connectivity index (χ3v) is 4.30. The SMILES string of the molecule is CC(Sc1ccc([N+](=O)[O-])cc1)C(=O)Nc1cccc(C(F)(F)F)c1. The predicted molar refractivity (Wildman–Crippen MR) is 88.5 cm³/mol. The Balaban J connectivity index is 2.02. The summed E-state index contributed by atoms with van der Waals surface area (Å²) < 4.78 is 38.0. The smallest absolute Gasteiger partial charge is 0.325 e. The summed E-state index contributed by atoms with van der Waals surface area (Å²) in [5.41, 5.74) is -0.859. The highest BCUT2D eigenvalue weighted by Gasteiger charge is 2.30. The molecule has 2 aromatic rings. The van der Waals surface area contributed by atoms with E-state index in [4.69, 9.17) is 0 Å². The number of nitro groups is 1. The second kappa shape index (κ2) is 7.56. The van der Waals surface area contributed by atoms with Gasteiger partial charge in [-0.2, -0.15) is 13.2 Å². The minimum absolute atomic E-state index is 0.0518. The zero-order valence-electron chi connectivity index (χ0n) is 12.9. The first-order chi connectivity index (χ1) is 11.7. The average Bonchev–Trinajstić information content (AvgIpc) is 2.54. The number of benzene rings is 2. The summed E-state index contributed by atoms with van der Waals surface area (Å²) in [6.07, 6.45) is -4.49. The molecule has 0 aliphatic heterocycles. The van der Waals surface area contributed by atoms with Gasteiger partial charge in [0.2, 0.25) is 5.91 Å². The van der Waals surface area contributed by atoms with Gasteiger partial charge in [0.05, 0.1) is 15.7 Å². The number of hydrogen-bond donors (Lipinski definition) is 1. The minimum Gasteiger partial charge on any atom is -0.325 e. The van der Waals surface area contributed by atoms with Gasteiger partial charge in [0, 0.05) is 22.7 Å². The van der Waals surface area contributed by atoms with E-state index in [0.29, 0.717) is 4.90 Å². The van der Waals surface area contributed by atoms with Crippen LogP contribution in [0.1, 0.15) is 12.5 Å². The van der Waals surface area contributed by atoms with Gasteiger partial charge in [-0.05, 0) is 37.3 Å². The van der Waals surface area contributed by atoms with Crippen molar-refractivity contribution in [2.45, 2.75) is 23.2 Å². The first kappa shape index (κ1) is 18.8. The van der Waals surface area contributed by atoms with Crippen LogP contribution in [0, 0.1) is 10.1 Å². The highest BCUT2D eigenvalue weighted by molar-refractivity contribution is 8.00. The molecule has 0 saturated carbocycles. The van der Waals surface area contributed by atoms with Crippen molar-refractivity contribution in [2.75, 3.05) is 5.32 Å². The summed E-state index contributed by atoms with van der Waals surface area (Å²) in [6.45, 7) is 1.59. The standard InChI is InChI=1S/C16H13F3N2O3S/c1-10(25-14-7-5-13(6-8-14)21(23)24)15(22)20-12-4-2-3-11(9-12)16(17,18)19/h2-10H,1H3,(H,20,22). The van der Waals surface area contributed by atoms with Crippen molar-refractivity contribution in [1.29, 1.82) is 0 Å². The molecule has 132 valence electrons. The van der Waals surface area contributed by atoms with Crippen LogP contribution < -0.4 is 5.32 Å². The molecular weight excluding hydrogens is 357 g/mol. The molecule has 0 aliphatic rings. The van der Waals surface area contributed by atoms with Gasteiger partial charge in [-0.3, -0.25) is 14.9 Å². The molecule has 2 rings (SSSR count). The predicted octanol–water partition coefficient (Wildman–Crippen LogP) is 4.73. The van der Waals surface area contributed by atoms with E-state index in [2.05, 4.69) is 5.32 Å². The first-order valence-electron chi connectivity index (χ1n) is 7.06. The lowest BCUT2D eigenvalue weighted by atomic mass is 10.2. The highest BCUT2D eigenvalue weighted by atomic mass is 32.2. The number of rotatable bonds is 5. The van der Waals surface area contributed by atoms with Crippen molar-refractivity contribution in [3.05, 3.63) is 64.2 Å². The molecule has 0 radical (unpaired) electrons. The molecule has 1 atom stereocenters. The fourth-order valence-corrected chi connectivity index (χ4v) is 2.79. The molecule has 0 heterocycles. The maximum absolute atomic E-state index is 12.7. The van der Waals surface area contributed by atoms with Gasteiger partial charge < -0.3 is 5.32 Å². The van der Waals surface area contributed by atoms with Gasteiger partial charge in [0.1, 0.15) is 0 Å². The number of thioether (sulfide) groups is 1. The van der Waals surface area contributed by atoms with Crippen LogP contribution in [-0.2, 0) is 11.0 Å². The average molecular weight is 370 g/mol. The van der Waals surface area contributed by atoms with Gasteiger partial charge in [0.25, 0.3) is 5.69 Å². The van der Waals surface area contributed by atoms with E-state index in [0.717, 1.165) is 23.9 Å². The van der Waals surface area contributed by atoms with E-state index in [-0.39, 0.29) is 11.4 Å². The Hall–Kier alpha value is -2.55. The number of halogens is 3. The molecular formula is C16H13F3N2O3S. The maximum Gasteiger partial charge on any atom is 0.416 e. The number of anilines is 1. The number of nitro benzene ring substituents is 1. The Kier molecular flexibility index (Phi) is 5.68. The number of hydrogen-bond acceptors (Lipinski definition) is 4. The number of carbonyl (C=O) groups is 1. The van der Waals surface area contributed by atoms with E-state index in [1.54, 1.807) is 6.92 Å². The zero-order valence-corrected chi connectivity index (χ0v) is 13.7. The Morgan fingerprint density at radius 1 is 1.20 bits per heavy atom. The lowest BCUT2D eigenvalue weighted by Gasteiger charge is -2.13. The topological polar surface area (TPSA) is 72.2 Å². The van der Waals surface area contributed by atoms with Gasteiger partial charge >= 0.3 is 6.18 Å². The van der Waals surface area contributed by atoms with Crippen LogP contribution in [0.2, 0.25) is 0 Å². The highest BCUT2D eigenvalue weighted by Crippen LogP contribution is 2.31. The van der Waals surface area contributed by atoms with E-state index >= 15 is 0 Å². The molecule has 0 aromatic heterocycles. The minimum atomic E-state index is -4.49. The van der Waals surface area contributed by atoms with Crippen molar-refractivity contribution in [3.63, 3.8) is 0 Å². The van der Waals surface area contributed by atoms with Crippen LogP contribution >= 0.6 is 11.8 Å². The largest absolute Gasteiger partial charge is 0.416 e. The Labute approximate surface area is 145 Å². The molecule has 1 N–H and O–H groups in total. The Morgan fingerprint density at radius 3 is 2.40 bits per heavy atom. The van der Waals surface area contributed by atoms with Gasteiger partial charge in [-0.1, -0.05) is 6.07 Å². The fraction of sp³-hybridized carbons (Fsp3) is 0.188. The van der Waals surface area contributed by atoms with Crippen LogP contribution in [0.3, 0.4) is 0 Å². The number of carbonyl (C=O) groups excluding carboxylic acids is 1. The summed E-state index contributed by atoms with van der Waals surface area (Å²) in [7, 11) is 0. The van der Waals surface area contributed by atoms with Crippen LogP contribution in [0.15, 0.2) is 53.4 Å². The second-order valence-electron chi connectivity index (χ2n) is 5.08. The summed E-state index contributed by atoms with van der Waals surface area (Å²) in [5.74, 6) is -0.470. The molecule has 0 spiro atoms.